The van der Waals surface area contributed by atoms with Crippen molar-refractivity contribution in [3.8, 4) is 23.0 Å². The molecule has 0 bridgehead atoms. The third-order valence-electron chi connectivity index (χ3n) is 9.24. The molecule has 230 valence electrons. The van der Waals surface area contributed by atoms with Crippen LogP contribution in [0.2, 0.25) is 0 Å². The SMILES string of the molecule is CCc1cc(Oc2[c-]c3c(cc2)c2ccccc2n3-c2cc(C)ccn2)[c-]c(-n2nc(C)c(C3C(C)=CCC[C@@H]3C)c2C)c1.[Pt+2]. The van der Waals surface area contributed by atoms with Crippen molar-refractivity contribution in [2.75, 3.05) is 0 Å². The summed E-state index contributed by atoms with van der Waals surface area (Å²) in [5.41, 5.74) is 10.3. The summed E-state index contributed by atoms with van der Waals surface area (Å²) in [6.45, 7) is 13.2. The Hall–Kier alpha value is -3.95. The Morgan fingerprint density at radius 2 is 1.76 bits per heavy atom. The first-order valence-corrected chi connectivity index (χ1v) is 15.7. The van der Waals surface area contributed by atoms with Crippen LogP contribution in [0.4, 0.5) is 0 Å². The van der Waals surface area contributed by atoms with E-state index in [1.54, 1.807) is 0 Å². The summed E-state index contributed by atoms with van der Waals surface area (Å²) in [6.07, 6.45) is 7.50. The van der Waals surface area contributed by atoms with E-state index < -0.39 is 0 Å². The first-order valence-electron chi connectivity index (χ1n) is 15.7. The maximum Gasteiger partial charge on any atom is 2.00 e. The molecule has 5 nitrogen and oxygen atoms in total. The number of para-hydroxylation sites is 1. The van der Waals surface area contributed by atoms with Crippen molar-refractivity contribution in [3.05, 3.63) is 119 Å². The van der Waals surface area contributed by atoms with Crippen molar-refractivity contribution in [1.82, 2.24) is 19.3 Å². The van der Waals surface area contributed by atoms with E-state index in [0.29, 0.717) is 23.3 Å². The summed E-state index contributed by atoms with van der Waals surface area (Å²) in [5.74, 6) is 3.15. The van der Waals surface area contributed by atoms with Crippen molar-refractivity contribution >= 4 is 21.8 Å². The summed E-state index contributed by atoms with van der Waals surface area (Å²) in [7, 11) is 0. The molecule has 0 saturated heterocycles. The maximum atomic E-state index is 6.53. The van der Waals surface area contributed by atoms with Crippen LogP contribution in [0.3, 0.4) is 0 Å². The molecule has 7 rings (SSSR count). The number of allylic oxidation sites excluding steroid dienone is 2. The molecule has 45 heavy (non-hydrogen) atoms. The van der Waals surface area contributed by atoms with E-state index in [9.17, 15) is 0 Å². The second-order valence-corrected chi connectivity index (χ2v) is 12.3. The van der Waals surface area contributed by atoms with E-state index in [1.807, 2.05) is 18.3 Å². The Bertz CT molecular complexity index is 2070. The second-order valence-electron chi connectivity index (χ2n) is 12.3. The minimum Gasteiger partial charge on any atom is -0.509 e. The van der Waals surface area contributed by atoms with Gasteiger partial charge in [0, 0.05) is 40.4 Å². The van der Waals surface area contributed by atoms with E-state index in [2.05, 4.69) is 118 Å². The fourth-order valence-corrected chi connectivity index (χ4v) is 7.06. The Morgan fingerprint density at radius 3 is 2.53 bits per heavy atom. The maximum absolute atomic E-state index is 6.53. The summed E-state index contributed by atoms with van der Waals surface area (Å²) < 4.78 is 10.8. The third kappa shape index (κ3) is 5.57. The molecular weight excluding hydrogens is 736 g/mol. The first-order chi connectivity index (χ1) is 21.3. The number of hydrogen-bond donors (Lipinski definition) is 0. The van der Waals surface area contributed by atoms with Crippen LogP contribution < -0.4 is 4.74 Å². The molecule has 3 heterocycles. The molecule has 0 spiro atoms. The Kier molecular flexibility index (Phi) is 8.59. The van der Waals surface area contributed by atoms with Crippen LogP contribution in [-0.2, 0) is 27.5 Å². The van der Waals surface area contributed by atoms with Gasteiger partial charge in [-0.2, -0.15) is 16.7 Å². The van der Waals surface area contributed by atoms with Crippen LogP contribution in [0.25, 0.3) is 33.3 Å². The first kappa shape index (κ1) is 31.0. The molecule has 1 unspecified atom stereocenters. The average molecular weight is 774 g/mol. The fraction of sp³-hybridized carbons (Fsp3) is 0.282. The van der Waals surface area contributed by atoms with E-state index in [4.69, 9.17) is 14.8 Å². The monoisotopic (exact) mass is 773 g/mol. The molecule has 1 aliphatic rings. The van der Waals surface area contributed by atoms with E-state index in [-0.39, 0.29) is 21.1 Å². The predicted molar refractivity (Wildman–Crippen MR) is 178 cm³/mol. The van der Waals surface area contributed by atoms with Crippen LogP contribution >= 0.6 is 0 Å². The largest absolute Gasteiger partial charge is 2.00 e. The predicted octanol–water partition coefficient (Wildman–Crippen LogP) is 9.70. The Morgan fingerprint density at radius 1 is 0.933 bits per heavy atom. The molecule has 1 aliphatic carbocycles. The third-order valence-corrected chi connectivity index (χ3v) is 9.24. The molecule has 3 aromatic heterocycles. The number of nitrogens with zero attached hydrogens (tertiary/aromatic N) is 4. The molecule has 2 atom stereocenters. The minimum absolute atomic E-state index is 0. The molecule has 0 radical (unpaired) electrons. The van der Waals surface area contributed by atoms with Crippen LogP contribution in [0.15, 0.2) is 78.5 Å². The molecule has 6 heteroatoms. The number of aromatic nitrogens is 4. The van der Waals surface area contributed by atoms with Crippen molar-refractivity contribution in [2.24, 2.45) is 5.92 Å². The van der Waals surface area contributed by atoms with Gasteiger partial charge in [-0.1, -0.05) is 55.6 Å². The summed E-state index contributed by atoms with van der Waals surface area (Å²) >= 11 is 0. The van der Waals surface area contributed by atoms with Gasteiger partial charge in [0.25, 0.3) is 0 Å². The topological polar surface area (TPSA) is 44.9 Å². The molecule has 3 aromatic carbocycles. The van der Waals surface area contributed by atoms with Gasteiger partial charge in [0.15, 0.2) is 0 Å². The zero-order valence-corrected chi connectivity index (χ0v) is 29.0. The van der Waals surface area contributed by atoms with Crippen molar-refractivity contribution in [3.63, 3.8) is 0 Å². The van der Waals surface area contributed by atoms with Gasteiger partial charge < -0.3 is 9.30 Å². The number of fused-ring (bicyclic) bond motifs is 3. The van der Waals surface area contributed by atoms with Crippen molar-refractivity contribution < 1.29 is 25.8 Å². The van der Waals surface area contributed by atoms with Gasteiger partial charge in [0.05, 0.1) is 5.69 Å². The molecular formula is C39H38N4OPt. The zero-order chi connectivity index (χ0) is 30.5. The Balaban J connectivity index is 0.00000357. The molecule has 6 aromatic rings. The van der Waals surface area contributed by atoms with Crippen molar-refractivity contribution in [2.45, 2.75) is 66.7 Å². The van der Waals surface area contributed by atoms with Gasteiger partial charge in [-0.05, 0) is 81.3 Å². The van der Waals surface area contributed by atoms with Crippen LogP contribution in [-0.4, -0.2) is 19.3 Å². The number of benzene rings is 3. The van der Waals surface area contributed by atoms with Crippen LogP contribution in [0.1, 0.15) is 67.6 Å². The van der Waals surface area contributed by atoms with Gasteiger partial charge in [0.1, 0.15) is 5.82 Å². The summed E-state index contributed by atoms with van der Waals surface area (Å²) in [4.78, 5) is 4.71. The Labute approximate surface area is 280 Å². The van der Waals surface area contributed by atoms with Gasteiger partial charge in [-0.25, -0.2) is 4.98 Å². The molecule has 0 N–H and O–H groups in total. The average Bonchev–Trinajstić information content (AvgIpc) is 3.50. The zero-order valence-electron chi connectivity index (χ0n) is 26.7. The number of rotatable bonds is 6. The van der Waals surface area contributed by atoms with E-state index in [0.717, 1.165) is 57.4 Å². The quantitative estimate of drug-likeness (QED) is 0.125. The smallest absolute Gasteiger partial charge is 0.509 e. The number of hydrogen-bond acceptors (Lipinski definition) is 3. The molecule has 0 aliphatic heterocycles. The molecule has 0 fully saturated rings. The van der Waals surface area contributed by atoms with Gasteiger partial charge >= 0.3 is 21.1 Å². The molecule has 0 amide bonds. The summed E-state index contributed by atoms with van der Waals surface area (Å²) in [5, 5.41) is 7.32. The second kappa shape index (κ2) is 12.4. The summed E-state index contributed by atoms with van der Waals surface area (Å²) in [6, 6.07) is 28.0. The van der Waals surface area contributed by atoms with E-state index >= 15 is 0 Å². The number of ether oxygens (including phenoxy) is 1. The normalized spacial score (nSPS) is 16.5. The van der Waals surface area contributed by atoms with Gasteiger partial charge in [0.2, 0.25) is 0 Å². The molecule has 0 saturated carbocycles. The van der Waals surface area contributed by atoms with Gasteiger partial charge in [-0.3, -0.25) is 4.68 Å². The van der Waals surface area contributed by atoms with Crippen molar-refractivity contribution in [1.29, 1.82) is 0 Å². The van der Waals surface area contributed by atoms with E-state index in [1.165, 1.54) is 28.8 Å². The van der Waals surface area contributed by atoms with Gasteiger partial charge in [-0.15, -0.1) is 35.7 Å². The standard InChI is InChI=1S/C39H38N4O.Pt/c1-7-29-20-30(43-28(6)39(27(5)41-43)38-25(3)11-10-12-26(38)4)22-32(21-29)44-31-15-16-34-33-13-8-9-14-35(33)42(36(34)23-31)37-19-24(2)17-18-40-37;/h8-9,11,13-21,26,38H,7,10,12H2,1-6H3;/q-2;+2/t26-,38?;/m0./s1. The van der Waals surface area contributed by atoms with Crippen LogP contribution in [0, 0.1) is 38.8 Å². The minimum atomic E-state index is 0. The fourth-order valence-electron chi connectivity index (χ4n) is 7.06. The number of pyridine rings is 1. The van der Waals surface area contributed by atoms with Crippen LogP contribution in [0.5, 0.6) is 11.5 Å². The number of aryl methyl sites for hydroxylation is 3.